The van der Waals surface area contributed by atoms with Crippen molar-refractivity contribution >= 4 is 6.29 Å². The van der Waals surface area contributed by atoms with Crippen molar-refractivity contribution in [3.05, 3.63) is 0 Å². The molecule has 6 nitrogen and oxygen atoms in total. The second-order valence-electron chi connectivity index (χ2n) is 7.94. The molecule has 0 aromatic carbocycles. The molecular formula is C23H51NO5. The van der Waals surface area contributed by atoms with E-state index >= 15 is 0 Å². The number of methoxy groups -OCH3 is 1. The molecule has 0 rings (SSSR count). The van der Waals surface area contributed by atoms with Crippen LogP contribution in [0.2, 0.25) is 0 Å². The summed E-state index contributed by atoms with van der Waals surface area (Å²) in [5.74, 6) is 0.323. The highest BCUT2D eigenvalue weighted by atomic mass is 16.5. The first kappa shape index (κ1) is 33.1. The lowest BCUT2D eigenvalue weighted by Crippen LogP contribution is -2.48. The summed E-state index contributed by atoms with van der Waals surface area (Å²) in [5, 5.41) is 30.0. The van der Waals surface area contributed by atoms with Crippen molar-refractivity contribution in [1.82, 2.24) is 4.90 Å². The Morgan fingerprint density at radius 2 is 1.55 bits per heavy atom. The Morgan fingerprint density at radius 3 is 2.00 bits per heavy atom. The van der Waals surface area contributed by atoms with Gasteiger partial charge in [-0.25, -0.2) is 0 Å². The summed E-state index contributed by atoms with van der Waals surface area (Å²) < 4.78 is 4.87. The maximum atomic E-state index is 10.6. The lowest BCUT2D eigenvalue weighted by Gasteiger charge is -2.33. The molecule has 6 atom stereocenters. The average Bonchev–Trinajstić information content (AvgIpc) is 2.68. The molecule has 0 saturated heterocycles. The van der Waals surface area contributed by atoms with Crippen molar-refractivity contribution in [2.75, 3.05) is 27.3 Å². The van der Waals surface area contributed by atoms with Crippen LogP contribution in [-0.4, -0.2) is 78.2 Å². The first-order valence-electron chi connectivity index (χ1n) is 11.3. The van der Waals surface area contributed by atoms with Gasteiger partial charge in [-0.05, 0) is 39.2 Å². The molecule has 0 aromatic heterocycles. The highest BCUT2D eigenvalue weighted by molar-refractivity contribution is 5.52. The Hall–Kier alpha value is -0.530. The fraction of sp³-hybridized carbons (Fsp3) is 0.957. The second-order valence-corrected chi connectivity index (χ2v) is 7.94. The Morgan fingerprint density at radius 1 is 1.03 bits per heavy atom. The van der Waals surface area contributed by atoms with Crippen LogP contribution in [0.25, 0.3) is 0 Å². The smallest absolute Gasteiger partial charge is 0.122 e. The van der Waals surface area contributed by atoms with E-state index in [2.05, 4.69) is 20.8 Å². The molecule has 3 N–H and O–H groups in total. The number of hydrogen-bond donors (Lipinski definition) is 3. The minimum absolute atomic E-state index is 0.0571. The molecule has 0 fully saturated rings. The zero-order chi connectivity index (χ0) is 23.4. The monoisotopic (exact) mass is 421 g/mol. The van der Waals surface area contributed by atoms with E-state index in [-0.39, 0.29) is 30.6 Å². The van der Waals surface area contributed by atoms with Crippen molar-refractivity contribution in [2.45, 2.75) is 105 Å². The number of hydrogen-bond acceptors (Lipinski definition) is 6. The van der Waals surface area contributed by atoms with Gasteiger partial charge in [0.05, 0.1) is 18.8 Å². The summed E-state index contributed by atoms with van der Waals surface area (Å²) in [5.41, 5.74) is 0. The minimum atomic E-state index is -0.909. The third-order valence-corrected chi connectivity index (χ3v) is 4.62. The molecule has 29 heavy (non-hydrogen) atoms. The number of carbonyl (C=O) groups is 1. The van der Waals surface area contributed by atoms with Gasteiger partial charge in [-0.2, -0.15) is 0 Å². The summed E-state index contributed by atoms with van der Waals surface area (Å²) in [4.78, 5) is 12.6. The van der Waals surface area contributed by atoms with Crippen molar-refractivity contribution in [1.29, 1.82) is 0 Å². The van der Waals surface area contributed by atoms with Crippen molar-refractivity contribution < 1.29 is 24.9 Å². The van der Waals surface area contributed by atoms with Crippen LogP contribution in [0.15, 0.2) is 0 Å². The van der Waals surface area contributed by atoms with Crippen molar-refractivity contribution in [2.24, 2.45) is 11.8 Å². The SMILES string of the molecule is CC.CCC.COCC(O)C(O)C(C)N(C)C[C@H](C)CC(O)CCCC(C)C=O. The zero-order valence-corrected chi connectivity index (χ0v) is 20.6. The van der Waals surface area contributed by atoms with Crippen LogP contribution in [0.1, 0.15) is 80.6 Å². The van der Waals surface area contributed by atoms with E-state index in [1.807, 2.05) is 39.6 Å². The lowest BCUT2D eigenvalue weighted by molar-refractivity contribution is -0.110. The van der Waals surface area contributed by atoms with Crippen LogP contribution in [-0.2, 0) is 9.53 Å². The Balaban J connectivity index is -0.00000123. The first-order valence-corrected chi connectivity index (χ1v) is 11.3. The molecule has 0 saturated carbocycles. The van der Waals surface area contributed by atoms with E-state index in [1.54, 1.807) is 0 Å². The molecule has 0 radical (unpaired) electrons. The van der Waals surface area contributed by atoms with Gasteiger partial charge in [0.15, 0.2) is 0 Å². The van der Waals surface area contributed by atoms with Crippen molar-refractivity contribution in [3.63, 3.8) is 0 Å². The van der Waals surface area contributed by atoms with E-state index < -0.39 is 12.2 Å². The zero-order valence-electron chi connectivity index (χ0n) is 20.6. The van der Waals surface area contributed by atoms with E-state index in [1.165, 1.54) is 13.5 Å². The summed E-state index contributed by atoms with van der Waals surface area (Å²) in [6.45, 7) is 14.9. The Bertz CT molecular complexity index is 343. The van der Waals surface area contributed by atoms with Crippen molar-refractivity contribution in [3.8, 4) is 0 Å². The third-order valence-electron chi connectivity index (χ3n) is 4.62. The van der Waals surface area contributed by atoms with Gasteiger partial charge in [-0.15, -0.1) is 0 Å². The quantitative estimate of drug-likeness (QED) is 0.372. The Labute approximate surface area is 180 Å². The van der Waals surface area contributed by atoms with Gasteiger partial charge >= 0.3 is 0 Å². The van der Waals surface area contributed by atoms with Gasteiger partial charge in [0, 0.05) is 25.6 Å². The second kappa shape index (κ2) is 22.2. The van der Waals surface area contributed by atoms with Crippen LogP contribution < -0.4 is 0 Å². The average molecular weight is 422 g/mol. The predicted molar refractivity (Wildman–Crippen MR) is 122 cm³/mol. The van der Waals surface area contributed by atoms with Gasteiger partial charge in [0.25, 0.3) is 0 Å². The molecule has 0 aliphatic heterocycles. The number of carbonyl (C=O) groups excluding carboxylic acids is 1. The molecule has 6 heteroatoms. The maximum absolute atomic E-state index is 10.6. The standard InChI is InChI=1S/C18H37NO5.C3H8.C2H6/c1-13(11-20)7-6-8-16(21)9-14(2)10-19(4)15(3)18(23)17(22)12-24-5;1-3-2;1-2/h11,13-18,21-23H,6-10,12H2,1-5H3;3H2,1-2H3;1-2H3/t13?,14-,15?,16?,17?,18?;;/m1../s1. The molecule has 0 heterocycles. The van der Waals surface area contributed by atoms with Crippen LogP contribution in [0, 0.1) is 11.8 Å². The summed E-state index contributed by atoms with van der Waals surface area (Å²) in [6.07, 6.45) is 3.10. The molecule has 0 aromatic rings. The van der Waals surface area contributed by atoms with Gasteiger partial charge in [0.1, 0.15) is 12.4 Å². The third kappa shape index (κ3) is 19.2. The van der Waals surface area contributed by atoms with E-state index in [4.69, 9.17) is 4.74 Å². The van der Waals surface area contributed by atoms with Crippen LogP contribution in [0.3, 0.4) is 0 Å². The lowest BCUT2D eigenvalue weighted by atomic mass is 9.96. The first-order chi connectivity index (χ1) is 13.6. The minimum Gasteiger partial charge on any atom is -0.393 e. The highest BCUT2D eigenvalue weighted by Gasteiger charge is 2.26. The number of nitrogens with zero attached hydrogens (tertiary/aromatic N) is 1. The van der Waals surface area contributed by atoms with E-state index in [0.717, 1.165) is 25.7 Å². The highest BCUT2D eigenvalue weighted by Crippen LogP contribution is 2.16. The fourth-order valence-electron chi connectivity index (χ4n) is 2.91. The van der Waals surface area contributed by atoms with E-state index in [9.17, 15) is 20.1 Å². The van der Waals surface area contributed by atoms with E-state index in [0.29, 0.717) is 12.8 Å². The molecule has 0 bridgehead atoms. The maximum Gasteiger partial charge on any atom is 0.122 e. The largest absolute Gasteiger partial charge is 0.393 e. The number of aliphatic hydroxyl groups is 3. The number of likely N-dealkylation sites (N-methyl/N-ethyl adjacent to an activating group) is 1. The summed E-state index contributed by atoms with van der Waals surface area (Å²) in [6, 6.07) is -0.205. The molecule has 0 spiro atoms. The molecule has 178 valence electrons. The van der Waals surface area contributed by atoms with Gasteiger partial charge in [-0.3, -0.25) is 0 Å². The summed E-state index contributed by atoms with van der Waals surface area (Å²) >= 11 is 0. The predicted octanol–water partition coefficient (Wildman–Crippen LogP) is 3.51. The fourth-order valence-corrected chi connectivity index (χ4v) is 2.91. The molecule has 0 amide bonds. The molecule has 0 aliphatic rings. The summed E-state index contributed by atoms with van der Waals surface area (Å²) in [7, 11) is 3.39. The normalized spacial score (nSPS) is 17.0. The number of rotatable bonds is 14. The molecule has 5 unspecified atom stereocenters. The number of aldehydes is 1. The van der Waals surface area contributed by atoms with Crippen LogP contribution in [0.5, 0.6) is 0 Å². The van der Waals surface area contributed by atoms with Crippen LogP contribution >= 0.6 is 0 Å². The van der Waals surface area contributed by atoms with Gasteiger partial charge < -0.3 is 29.8 Å². The number of aliphatic hydroxyl groups excluding tert-OH is 3. The van der Waals surface area contributed by atoms with Gasteiger partial charge in [-0.1, -0.05) is 54.4 Å². The number of ether oxygens (including phenoxy) is 1. The Kier molecular flexibility index (Phi) is 25.3. The molecular weight excluding hydrogens is 370 g/mol. The molecule has 0 aliphatic carbocycles. The van der Waals surface area contributed by atoms with Gasteiger partial charge in [0.2, 0.25) is 0 Å². The van der Waals surface area contributed by atoms with Crippen LogP contribution in [0.4, 0.5) is 0 Å². The topological polar surface area (TPSA) is 90.2 Å².